The number of halogens is 1. The highest BCUT2D eigenvalue weighted by Crippen LogP contribution is 2.33. The van der Waals surface area contributed by atoms with Gasteiger partial charge in [0, 0.05) is 16.8 Å². The quantitative estimate of drug-likeness (QED) is 0.525. The molecule has 2 heterocycles. The molecule has 0 spiro atoms. The highest BCUT2D eigenvalue weighted by Gasteiger charge is 2.24. The minimum atomic E-state index is -1.32. The molecule has 8 heteroatoms. The van der Waals surface area contributed by atoms with E-state index in [1.165, 1.54) is 6.33 Å². The van der Waals surface area contributed by atoms with Crippen LogP contribution in [0.1, 0.15) is 5.56 Å². The van der Waals surface area contributed by atoms with Crippen molar-refractivity contribution in [1.29, 1.82) is 0 Å². The van der Waals surface area contributed by atoms with E-state index in [1.54, 1.807) is 34.1 Å². The van der Waals surface area contributed by atoms with Crippen LogP contribution >= 0.6 is 11.6 Å². The van der Waals surface area contributed by atoms with E-state index in [2.05, 4.69) is 15.2 Å². The van der Waals surface area contributed by atoms with Crippen molar-refractivity contribution in [1.82, 2.24) is 24.5 Å². The van der Waals surface area contributed by atoms with Crippen molar-refractivity contribution in [2.75, 3.05) is 6.26 Å². The van der Waals surface area contributed by atoms with Crippen molar-refractivity contribution >= 4 is 22.4 Å². The summed E-state index contributed by atoms with van der Waals surface area (Å²) in [4.78, 5) is 4.04. The van der Waals surface area contributed by atoms with Gasteiger partial charge in [0.05, 0.1) is 16.5 Å². The molecule has 6 nitrogen and oxygen atoms in total. The van der Waals surface area contributed by atoms with E-state index >= 15 is 0 Å². The van der Waals surface area contributed by atoms with Gasteiger partial charge in [0.2, 0.25) is 0 Å². The molecule has 0 saturated heterocycles. The van der Waals surface area contributed by atoms with E-state index in [0.29, 0.717) is 15.7 Å². The average Bonchev–Trinajstić information content (AvgIpc) is 3.30. The Labute approximate surface area is 163 Å². The Kier molecular flexibility index (Phi) is 4.63. The lowest BCUT2D eigenvalue weighted by molar-refractivity contribution is 0.680. The van der Waals surface area contributed by atoms with Crippen LogP contribution in [0, 0.1) is 6.92 Å². The monoisotopic (exact) mass is 397 g/mol. The first kappa shape index (κ1) is 17.6. The molecule has 0 aliphatic carbocycles. The number of benzene rings is 2. The van der Waals surface area contributed by atoms with Crippen LogP contribution in [-0.2, 0) is 10.8 Å². The van der Waals surface area contributed by atoms with Gasteiger partial charge in [-0.05, 0) is 31.2 Å². The Balaban J connectivity index is 2.06. The summed E-state index contributed by atoms with van der Waals surface area (Å²) < 4.78 is 15.8. The first-order valence-corrected chi connectivity index (χ1v) is 10.1. The summed E-state index contributed by atoms with van der Waals surface area (Å²) >= 11 is 6.04. The molecule has 27 heavy (non-hydrogen) atoms. The van der Waals surface area contributed by atoms with Crippen molar-refractivity contribution in [3.63, 3.8) is 0 Å². The molecule has 0 aliphatic rings. The number of rotatable bonds is 4. The Hall–Kier alpha value is -2.77. The van der Waals surface area contributed by atoms with Crippen LogP contribution in [-0.4, -0.2) is 35.0 Å². The van der Waals surface area contributed by atoms with Crippen LogP contribution in [0.25, 0.3) is 22.6 Å². The van der Waals surface area contributed by atoms with E-state index in [4.69, 9.17) is 11.6 Å². The lowest BCUT2D eigenvalue weighted by Gasteiger charge is -2.10. The molecular formula is C19H16ClN5OS. The molecule has 1 atom stereocenters. The molecule has 1 unspecified atom stereocenters. The maximum atomic E-state index is 12.5. The fraction of sp³-hybridized carbons (Fsp3) is 0.105. The predicted octanol–water partition coefficient (Wildman–Crippen LogP) is 3.82. The van der Waals surface area contributed by atoms with E-state index in [1.807, 2.05) is 43.3 Å². The van der Waals surface area contributed by atoms with E-state index in [0.717, 1.165) is 22.5 Å². The largest absolute Gasteiger partial charge is 0.253 e. The normalized spacial score (nSPS) is 12.3. The lowest BCUT2D eigenvalue weighted by atomic mass is 10.1. The van der Waals surface area contributed by atoms with Gasteiger partial charge in [-0.15, -0.1) is 0 Å². The third kappa shape index (κ3) is 3.31. The second-order valence-electron chi connectivity index (χ2n) is 6.05. The van der Waals surface area contributed by atoms with Gasteiger partial charge in [-0.25, -0.2) is 14.3 Å². The number of aryl methyl sites for hydroxylation is 1. The van der Waals surface area contributed by atoms with Crippen molar-refractivity contribution in [3.05, 3.63) is 71.8 Å². The van der Waals surface area contributed by atoms with Gasteiger partial charge >= 0.3 is 0 Å². The zero-order valence-electron chi connectivity index (χ0n) is 14.7. The first-order valence-electron chi connectivity index (χ1n) is 8.19. The van der Waals surface area contributed by atoms with Crippen LogP contribution in [0.2, 0.25) is 5.02 Å². The number of nitrogens with zero attached hydrogens (tertiary/aromatic N) is 5. The molecule has 2 aromatic carbocycles. The van der Waals surface area contributed by atoms with E-state index in [-0.39, 0.29) is 0 Å². The zero-order valence-corrected chi connectivity index (χ0v) is 16.3. The van der Waals surface area contributed by atoms with E-state index < -0.39 is 10.8 Å². The molecular weight excluding hydrogens is 382 g/mol. The summed E-state index contributed by atoms with van der Waals surface area (Å²) in [5.74, 6) is 0. The topological polar surface area (TPSA) is 65.6 Å². The van der Waals surface area contributed by atoms with Gasteiger partial charge in [-0.2, -0.15) is 10.2 Å². The first-order chi connectivity index (χ1) is 13.0. The third-order valence-electron chi connectivity index (χ3n) is 4.15. The molecule has 0 bridgehead atoms. The highest BCUT2D eigenvalue weighted by atomic mass is 35.5. The Morgan fingerprint density at radius 1 is 1.04 bits per heavy atom. The summed E-state index contributed by atoms with van der Waals surface area (Å²) in [5, 5.41) is 9.97. The van der Waals surface area contributed by atoms with Crippen molar-refractivity contribution in [2.45, 2.75) is 11.9 Å². The zero-order chi connectivity index (χ0) is 19.0. The van der Waals surface area contributed by atoms with Gasteiger partial charge in [0.25, 0.3) is 0 Å². The smallest absolute Gasteiger partial charge is 0.175 e. The minimum Gasteiger partial charge on any atom is -0.253 e. The number of hydrogen-bond acceptors (Lipinski definition) is 4. The standard InChI is InChI=1S/C19H16ClN5OS/c1-13-3-5-14(6-4-13)17-18(24-12-21-11-22-24)19(27(2)26)23-25(17)16-9-7-15(20)8-10-16/h3-12H,1-2H3. The maximum absolute atomic E-state index is 12.5. The fourth-order valence-corrected chi connectivity index (χ4v) is 3.64. The van der Waals surface area contributed by atoms with Crippen LogP contribution in [0.3, 0.4) is 0 Å². The summed E-state index contributed by atoms with van der Waals surface area (Å²) in [6, 6.07) is 15.4. The molecule has 0 amide bonds. The second-order valence-corrected chi connectivity index (χ2v) is 7.78. The van der Waals surface area contributed by atoms with Gasteiger partial charge in [-0.1, -0.05) is 41.4 Å². The van der Waals surface area contributed by atoms with Gasteiger partial charge in [-0.3, -0.25) is 4.21 Å². The van der Waals surface area contributed by atoms with Crippen molar-refractivity contribution < 1.29 is 4.21 Å². The van der Waals surface area contributed by atoms with Crippen LogP contribution < -0.4 is 0 Å². The number of hydrogen-bond donors (Lipinski definition) is 0. The second kappa shape index (κ2) is 7.09. The Bertz CT molecular complexity index is 1100. The highest BCUT2D eigenvalue weighted by molar-refractivity contribution is 7.84. The van der Waals surface area contributed by atoms with Crippen LogP contribution in [0.5, 0.6) is 0 Å². The molecule has 136 valence electrons. The average molecular weight is 398 g/mol. The van der Waals surface area contributed by atoms with Gasteiger partial charge in [0.15, 0.2) is 5.03 Å². The van der Waals surface area contributed by atoms with E-state index in [9.17, 15) is 4.21 Å². The summed E-state index contributed by atoms with van der Waals surface area (Å²) in [6.07, 6.45) is 4.63. The summed E-state index contributed by atoms with van der Waals surface area (Å²) in [6.45, 7) is 2.03. The molecule has 4 aromatic rings. The molecule has 0 aliphatic heterocycles. The number of aromatic nitrogens is 5. The summed E-state index contributed by atoms with van der Waals surface area (Å²) in [7, 11) is -1.32. The van der Waals surface area contributed by atoms with Crippen molar-refractivity contribution in [2.24, 2.45) is 0 Å². The third-order valence-corrected chi connectivity index (χ3v) is 5.22. The lowest BCUT2D eigenvalue weighted by Crippen LogP contribution is -2.02. The molecule has 0 radical (unpaired) electrons. The molecule has 4 rings (SSSR count). The Morgan fingerprint density at radius 2 is 1.74 bits per heavy atom. The van der Waals surface area contributed by atoms with Crippen LogP contribution in [0.4, 0.5) is 0 Å². The fourth-order valence-electron chi connectivity index (χ4n) is 2.85. The predicted molar refractivity (Wildman–Crippen MR) is 106 cm³/mol. The van der Waals surface area contributed by atoms with Crippen molar-refractivity contribution in [3.8, 4) is 22.6 Å². The van der Waals surface area contributed by atoms with Gasteiger partial charge < -0.3 is 0 Å². The molecule has 2 aromatic heterocycles. The molecule has 0 fully saturated rings. The van der Waals surface area contributed by atoms with Gasteiger partial charge in [0.1, 0.15) is 24.0 Å². The van der Waals surface area contributed by atoms with Crippen LogP contribution in [0.15, 0.2) is 66.2 Å². The minimum absolute atomic E-state index is 0.436. The Morgan fingerprint density at radius 3 is 2.33 bits per heavy atom. The SMILES string of the molecule is Cc1ccc(-c2c(-n3cncn3)c(S(C)=O)nn2-c2ccc(Cl)cc2)cc1. The molecule has 0 saturated carbocycles. The molecule has 0 N–H and O–H groups in total. The summed E-state index contributed by atoms with van der Waals surface area (Å²) in [5.41, 5.74) is 4.33. The maximum Gasteiger partial charge on any atom is 0.175 e.